The van der Waals surface area contributed by atoms with E-state index >= 15 is 0 Å². The second-order valence-corrected chi connectivity index (χ2v) is 3.62. The minimum absolute atomic E-state index is 0.559. The van der Waals surface area contributed by atoms with E-state index in [1.54, 1.807) is 36.5 Å². The minimum Gasteiger partial charge on any atom is -0.376 e. The number of aromatic nitrogens is 1. The first-order valence-corrected chi connectivity index (χ1v) is 5.40. The van der Waals surface area contributed by atoms with Crippen molar-refractivity contribution >= 4 is 0 Å². The molecule has 0 aliphatic heterocycles. The van der Waals surface area contributed by atoms with Crippen LogP contribution in [0.4, 0.5) is 0 Å². The van der Waals surface area contributed by atoms with Gasteiger partial charge in [-0.25, -0.2) is 4.98 Å². The lowest BCUT2D eigenvalue weighted by Crippen LogP contribution is -1.93. The number of nitriles is 1. The average Bonchev–Trinajstić information content (AvgIpc) is 2.46. The molecule has 1 atom stereocenters. The highest BCUT2D eigenvalue weighted by Gasteiger charge is 2.02. The third-order valence-corrected chi connectivity index (χ3v) is 2.36. The molecule has 1 heterocycles. The van der Waals surface area contributed by atoms with Crippen LogP contribution >= 0.6 is 0 Å². The second kappa shape index (κ2) is 5.63. The smallest absolute Gasteiger partial charge is 0.140 e. The molecule has 1 aromatic heterocycles. The van der Waals surface area contributed by atoms with Crippen LogP contribution in [-0.2, 0) is 0 Å². The molecular formula is C15H10N2O. The summed E-state index contributed by atoms with van der Waals surface area (Å²) >= 11 is 0. The Labute approximate surface area is 105 Å². The summed E-state index contributed by atoms with van der Waals surface area (Å²) in [6.45, 7) is 0. The first-order valence-electron chi connectivity index (χ1n) is 5.40. The molecule has 1 N–H and O–H groups in total. The van der Waals surface area contributed by atoms with E-state index in [0.29, 0.717) is 16.8 Å². The van der Waals surface area contributed by atoms with Crippen LogP contribution in [-0.4, -0.2) is 10.1 Å². The third-order valence-electron chi connectivity index (χ3n) is 2.36. The molecule has 2 rings (SSSR count). The lowest BCUT2D eigenvalue weighted by atomic mass is 10.1. The molecule has 0 fully saturated rings. The number of aliphatic hydroxyl groups is 1. The van der Waals surface area contributed by atoms with E-state index < -0.39 is 6.10 Å². The maximum absolute atomic E-state index is 9.86. The van der Waals surface area contributed by atoms with Gasteiger partial charge in [0.05, 0.1) is 11.6 Å². The van der Waals surface area contributed by atoms with Gasteiger partial charge in [-0.3, -0.25) is 0 Å². The Morgan fingerprint density at radius 2 is 1.89 bits per heavy atom. The Kier molecular flexibility index (Phi) is 3.71. The zero-order chi connectivity index (χ0) is 12.8. The van der Waals surface area contributed by atoms with Crippen molar-refractivity contribution in [3.05, 3.63) is 65.5 Å². The molecule has 3 nitrogen and oxygen atoms in total. The van der Waals surface area contributed by atoms with Gasteiger partial charge in [-0.15, -0.1) is 0 Å². The lowest BCUT2D eigenvalue weighted by Gasteiger charge is -2.02. The normalized spacial score (nSPS) is 10.9. The summed E-state index contributed by atoms with van der Waals surface area (Å²) in [5.41, 5.74) is 1.84. The van der Waals surface area contributed by atoms with Gasteiger partial charge >= 0.3 is 0 Å². The molecule has 0 bridgehead atoms. The van der Waals surface area contributed by atoms with Crippen molar-refractivity contribution in [2.24, 2.45) is 0 Å². The molecule has 0 radical (unpaired) electrons. The Balaban J connectivity index is 2.15. The summed E-state index contributed by atoms with van der Waals surface area (Å²) in [6, 6.07) is 14.1. The van der Waals surface area contributed by atoms with Gasteiger partial charge in [0, 0.05) is 6.20 Å². The molecule has 3 heteroatoms. The van der Waals surface area contributed by atoms with Crippen molar-refractivity contribution in [2.45, 2.75) is 6.10 Å². The van der Waals surface area contributed by atoms with Crippen molar-refractivity contribution < 1.29 is 5.11 Å². The van der Waals surface area contributed by atoms with E-state index in [-0.39, 0.29) is 0 Å². The molecule has 0 spiro atoms. The molecule has 0 saturated heterocycles. The maximum atomic E-state index is 9.86. The number of rotatable bonds is 1. The molecule has 0 aliphatic rings. The Bertz CT molecular complexity index is 616. The maximum Gasteiger partial charge on any atom is 0.140 e. The second-order valence-electron chi connectivity index (χ2n) is 3.62. The van der Waals surface area contributed by atoms with Crippen molar-refractivity contribution in [3.63, 3.8) is 0 Å². The van der Waals surface area contributed by atoms with Gasteiger partial charge in [-0.2, -0.15) is 5.26 Å². The van der Waals surface area contributed by atoms with Crippen LogP contribution in [0.15, 0.2) is 48.7 Å². The predicted molar refractivity (Wildman–Crippen MR) is 67.2 cm³/mol. The number of hydrogen-bond donors (Lipinski definition) is 1. The van der Waals surface area contributed by atoms with Crippen LogP contribution in [0.1, 0.15) is 22.9 Å². The van der Waals surface area contributed by atoms with E-state index in [9.17, 15) is 5.11 Å². The van der Waals surface area contributed by atoms with Crippen LogP contribution in [0.5, 0.6) is 0 Å². The predicted octanol–water partition coefficient (Wildman–Crippen LogP) is 2.04. The quantitative estimate of drug-likeness (QED) is 0.768. The number of aliphatic hydroxyl groups excluding tert-OH is 1. The third kappa shape index (κ3) is 2.95. The molecule has 0 saturated carbocycles. The molecule has 1 unspecified atom stereocenters. The standard InChI is InChI=1S/C15H10N2O/c16-11-12-4-6-13(7-5-12)15(18)9-8-14-3-1-2-10-17-14/h1-7,10,15,18H. The number of nitrogens with zero attached hydrogens (tertiary/aromatic N) is 2. The average molecular weight is 234 g/mol. The van der Waals surface area contributed by atoms with Gasteiger partial charge in [0.15, 0.2) is 0 Å². The zero-order valence-electron chi connectivity index (χ0n) is 9.54. The monoisotopic (exact) mass is 234 g/mol. The summed E-state index contributed by atoms with van der Waals surface area (Å²) in [5.74, 6) is 5.51. The zero-order valence-corrected chi connectivity index (χ0v) is 9.54. The highest BCUT2D eigenvalue weighted by atomic mass is 16.3. The first-order chi connectivity index (χ1) is 8.79. The molecular weight excluding hydrogens is 224 g/mol. The fraction of sp³-hybridized carbons (Fsp3) is 0.0667. The largest absolute Gasteiger partial charge is 0.376 e. The van der Waals surface area contributed by atoms with Crippen molar-refractivity contribution in [1.82, 2.24) is 4.98 Å². The Hall–Kier alpha value is -2.62. The molecule has 86 valence electrons. The van der Waals surface area contributed by atoms with Gasteiger partial charge in [-0.05, 0) is 35.7 Å². The van der Waals surface area contributed by atoms with E-state index in [4.69, 9.17) is 5.26 Å². The first kappa shape index (κ1) is 11.9. The van der Waals surface area contributed by atoms with Gasteiger partial charge in [-0.1, -0.05) is 24.1 Å². The van der Waals surface area contributed by atoms with E-state index in [2.05, 4.69) is 16.8 Å². The van der Waals surface area contributed by atoms with Crippen LogP contribution in [0.3, 0.4) is 0 Å². The van der Waals surface area contributed by atoms with E-state index in [0.717, 1.165) is 0 Å². The Morgan fingerprint density at radius 1 is 1.11 bits per heavy atom. The number of benzene rings is 1. The molecule has 0 amide bonds. The summed E-state index contributed by atoms with van der Waals surface area (Å²) in [6.07, 6.45) is 0.776. The number of pyridine rings is 1. The summed E-state index contributed by atoms with van der Waals surface area (Å²) < 4.78 is 0. The van der Waals surface area contributed by atoms with Crippen LogP contribution < -0.4 is 0 Å². The summed E-state index contributed by atoms with van der Waals surface area (Å²) in [4.78, 5) is 4.04. The highest BCUT2D eigenvalue weighted by Crippen LogP contribution is 2.12. The molecule has 0 aliphatic carbocycles. The topological polar surface area (TPSA) is 56.9 Å². The van der Waals surface area contributed by atoms with Gasteiger partial charge in [0.25, 0.3) is 0 Å². The fourth-order valence-corrected chi connectivity index (χ4v) is 1.40. The van der Waals surface area contributed by atoms with Gasteiger partial charge in [0.1, 0.15) is 11.8 Å². The van der Waals surface area contributed by atoms with Crippen molar-refractivity contribution in [3.8, 4) is 17.9 Å². The molecule has 2 aromatic rings. The molecule has 1 aromatic carbocycles. The van der Waals surface area contributed by atoms with E-state index in [1.165, 1.54) is 0 Å². The van der Waals surface area contributed by atoms with Crippen LogP contribution in [0, 0.1) is 23.2 Å². The highest BCUT2D eigenvalue weighted by molar-refractivity contribution is 5.36. The van der Waals surface area contributed by atoms with Crippen molar-refractivity contribution in [1.29, 1.82) is 5.26 Å². The van der Waals surface area contributed by atoms with Crippen LogP contribution in [0.25, 0.3) is 0 Å². The summed E-state index contributed by atoms with van der Waals surface area (Å²) in [7, 11) is 0. The van der Waals surface area contributed by atoms with E-state index in [1.807, 2.05) is 18.2 Å². The Morgan fingerprint density at radius 3 is 2.50 bits per heavy atom. The van der Waals surface area contributed by atoms with Crippen LogP contribution in [0.2, 0.25) is 0 Å². The number of hydrogen-bond acceptors (Lipinski definition) is 3. The lowest BCUT2D eigenvalue weighted by molar-refractivity contribution is 0.238. The van der Waals surface area contributed by atoms with Gasteiger partial charge in [0.2, 0.25) is 0 Å². The molecule has 18 heavy (non-hydrogen) atoms. The summed E-state index contributed by atoms with van der Waals surface area (Å²) in [5, 5.41) is 18.5. The van der Waals surface area contributed by atoms with Gasteiger partial charge < -0.3 is 5.11 Å². The minimum atomic E-state index is -0.875. The fourth-order valence-electron chi connectivity index (χ4n) is 1.40. The van der Waals surface area contributed by atoms with Crippen molar-refractivity contribution in [2.75, 3.05) is 0 Å². The SMILES string of the molecule is N#Cc1ccc(C(O)C#Cc2ccccn2)cc1.